The Morgan fingerprint density at radius 1 is 1.00 bits per heavy atom. The van der Waals surface area contributed by atoms with Crippen molar-refractivity contribution in [3.05, 3.63) is 63.6 Å². The maximum atomic E-state index is 10.3. The summed E-state index contributed by atoms with van der Waals surface area (Å²) in [7, 11) is 3.97. The van der Waals surface area contributed by atoms with Gasteiger partial charge in [-0.25, -0.2) is 0 Å². The summed E-state index contributed by atoms with van der Waals surface area (Å²) in [6.45, 7) is 0. The third kappa shape index (κ3) is 3.66. The molecule has 0 radical (unpaired) electrons. The van der Waals surface area contributed by atoms with Crippen LogP contribution in [-0.2, 0) is 6.42 Å². The number of aliphatic hydroxyl groups excluding tert-OH is 1. The molecule has 0 amide bonds. The molecule has 20 heavy (non-hydrogen) atoms. The highest BCUT2D eigenvalue weighted by Gasteiger charge is 2.10. The van der Waals surface area contributed by atoms with E-state index >= 15 is 0 Å². The van der Waals surface area contributed by atoms with Gasteiger partial charge in [0.1, 0.15) is 0 Å². The van der Waals surface area contributed by atoms with Crippen molar-refractivity contribution in [2.24, 2.45) is 0 Å². The lowest BCUT2D eigenvalue weighted by Gasteiger charge is -2.15. The van der Waals surface area contributed by atoms with Gasteiger partial charge in [-0.3, -0.25) is 0 Å². The van der Waals surface area contributed by atoms with Crippen LogP contribution < -0.4 is 4.90 Å². The van der Waals surface area contributed by atoms with Crippen LogP contribution in [0.3, 0.4) is 0 Å². The highest BCUT2D eigenvalue weighted by molar-refractivity contribution is 6.42. The molecule has 2 nitrogen and oxygen atoms in total. The molecule has 0 aliphatic carbocycles. The Labute approximate surface area is 129 Å². The summed E-state index contributed by atoms with van der Waals surface area (Å²) in [6.07, 6.45) is -0.0403. The molecule has 0 saturated heterocycles. The predicted molar refractivity (Wildman–Crippen MR) is 85.9 cm³/mol. The number of aliphatic hydroxyl groups is 1. The first-order valence-electron chi connectivity index (χ1n) is 6.36. The lowest BCUT2D eigenvalue weighted by molar-refractivity contribution is 0.178. The van der Waals surface area contributed by atoms with Gasteiger partial charge < -0.3 is 10.0 Å². The summed E-state index contributed by atoms with van der Waals surface area (Å²) in [6, 6.07) is 13.3. The average Bonchev–Trinajstić information content (AvgIpc) is 2.43. The van der Waals surface area contributed by atoms with E-state index in [0.717, 1.165) is 16.8 Å². The summed E-state index contributed by atoms with van der Waals surface area (Å²) >= 11 is 11.9. The molecule has 1 N–H and O–H groups in total. The highest BCUT2D eigenvalue weighted by Crippen LogP contribution is 2.26. The smallest absolute Gasteiger partial charge is 0.0830 e. The molecule has 1 atom stereocenters. The molecule has 2 aromatic carbocycles. The number of hydrogen-bond acceptors (Lipinski definition) is 2. The van der Waals surface area contributed by atoms with Gasteiger partial charge in [-0.15, -0.1) is 0 Å². The Morgan fingerprint density at radius 2 is 1.65 bits per heavy atom. The Hall–Kier alpha value is -1.22. The molecule has 0 heterocycles. The zero-order valence-corrected chi connectivity index (χ0v) is 13.0. The third-order valence-electron chi connectivity index (χ3n) is 3.21. The van der Waals surface area contributed by atoms with E-state index in [4.69, 9.17) is 23.2 Å². The largest absolute Gasteiger partial charge is 0.388 e. The summed E-state index contributed by atoms with van der Waals surface area (Å²) in [5, 5.41) is 11.3. The van der Waals surface area contributed by atoms with Crippen molar-refractivity contribution < 1.29 is 5.11 Å². The van der Waals surface area contributed by atoms with E-state index in [1.807, 2.05) is 49.3 Å². The molecule has 0 aromatic heterocycles. The molecule has 2 rings (SSSR count). The van der Waals surface area contributed by atoms with Gasteiger partial charge >= 0.3 is 0 Å². The van der Waals surface area contributed by atoms with Crippen molar-refractivity contribution in [1.29, 1.82) is 0 Å². The van der Waals surface area contributed by atoms with Crippen molar-refractivity contribution in [3.63, 3.8) is 0 Å². The number of rotatable bonds is 4. The molecule has 0 aliphatic rings. The average molecular weight is 310 g/mol. The molecule has 1 unspecified atom stereocenters. The quantitative estimate of drug-likeness (QED) is 0.908. The van der Waals surface area contributed by atoms with E-state index in [1.54, 1.807) is 12.1 Å². The van der Waals surface area contributed by atoms with E-state index in [2.05, 4.69) is 0 Å². The van der Waals surface area contributed by atoms with Crippen LogP contribution in [0, 0.1) is 0 Å². The number of halogens is 2. The predicted octanol–water partition coefficient (Wildman–Crippen LogP) is 4.34. The first kappa shape index (κ1) is 15.2. The molecule has 0 aliphatic heterocycles. The Bertz CT molecular complexity index is 582. The van der Waals surface area contributed by atoms with Crippen molar-refractivity contribution in [3.8, 4) is 0 Å². The van der Waals surface area contributed by atoms with Gasteiger partial charge in [-0.2, -0.15) is 0 Å². The van der Waals surface area contributed by atoms with Crippen LogP contribution in [-0.4, -0.2) is 19.2 Å². The lowest BCUT2D eigenvalue weighted by Crippen LogP contribution is -2.09. The molecule has 4 heteroatoms. The summed E-state index contributed by atoms with van der Waals surface area (Å²) in [5.41, 5.74) is 2.96. The third-order valence-corrected chi connectivity index (χ3v) is 3.95. The number of hydrogen-bond donors (Lipinski definition) is 1. The van der Waals surface area contributed by atoms with E-state index in [1.165, 1.54) is 0 Å². The minimum atomic E-state index is -0.552. The zero-order chi connectivity index (χ0) is 14.7. The Kier molecular flexibility index (Phi) is 4.92. The molecule has 0 fully saturated rings. The monoisotopic (exact) mass is 309 g/mol. The fourth-order valence-electron chi connectivity index (χ4n) is 2.00. The number of anilines is 1. The Balaban J connectivity index is 2.10. The van der Waals surface area contributed by atoms with Gasteiger partial charge in [0.25, 0.3) is 0 Å². The molecular weight excluding hydrogens is 293 g/mol. The zero-order valence-electron chi connectivity index (χ0n) is 11.5. The molecule has 2 aromatic rings. The SMILES string of the molecule is CN(C)c1ccc(C(O)Cc2ccc(Cl)c(Cl)c2)cc1. The van der Waals surface area contributed by atoms with E-state index < -0.39 is 6.10 Å². The molecule has 0 spiro atoms. The minimum Gasteiger partial charge on any atom is -0.388 e. The maximum Gasteiger partial charge on any atom is 0.0830 e. The molecule has 0 saturated carbocycles. The second kappa shape index (κ2) is 6.49. The van der Waals surface area contributed by atoms with Crippen LogP contribution in [0.15, 0.2) is 42.5 Å². The van der Waals surface area contributed by atoms with E-state index in [0.29, 0.717) is 16.5 Å². The number of benzene rings is 2. The normalized spacial score (nSPS) is 12.2. The fraction of sp³-hybridized carbons (Fsp3) is 0.250. The van der Waals surface area contributed by atoms with Crippen molar-refractivity contribution in [2.75, 3.05) is 19.0 Å². The highest BCUT2D eigenvalue weighted by atomic mass is 35.5. The summed E-state index contributed by atoms with van der Waals surface area (Å²) < 4.78 is 0. The Morgan fingerprint density at radius 3 is 2.20 bits per heavy atom. The van der Waals surface area contributed by atoms with E-state index in [-0.39, 0.29) is 0 Å². The molecule has 0 bridgehead atoms. The van der Waals surface area contributed by atoms with Gasteiger partial charge in [-0.1, -0.05) is 41.4 Å². The molecule has 106 valence electrons. The van der Waals surface area contributed by atoms with Crippen molar-refractivity contribution in [1.82, 2.24) is 0 Å². The first-order chi connectivity index (χ1) is 9.47. The van der Waals surface area contributed by atoms with Gasteiger partial charge in [0.2, 0.25) is 0 Å². The minimum absolute atomic E-state index is 0.512. The fourth-order valence-corrected chi connectivity index (χ4v) is 2.32. The van der Waals surface area contributed by atoms with E-state index in [9.17, 15) is 5.11 Å². The van der Waals surface area contributed by atoms with Crippen LogP contribution in [0.2, 0.25) is 10.0 Å². The van der Waals surface area contributed by atoms with Crippen LogP contribution in [0.25, 0.3) is 0 Å². The number of nitrogens with zero attached hydrogens (tertiary/aromatic N) is 1. The van der Waals surface area contributed by atoms with Gasteiger partial charge in [-0.05, 0) is 35.4 Å². The first-order valence-corrected chi connectivity index (χ1v) is 7.12. The van der Waals surface area contributed by atoms with Crippen LogP contribution in [0.1, 0.15) is 17.2 Å². The van der Waals surface area contributed by atoms with Crippen molar-refractivity contribution in [2.45, 2.75) is 12.5 Å². The maximum absolute atomic E-state index is 10.3. The summed E-state index contributed by atoms with van der Waals surface area (Å²) in [4.78, 5) is 2.02. The topological polar surface area (TPSA) is 23.5 Å². The van der Waals surface area contributed by atoms with Gasteiger partial charge in [0, 0.05) is 26.2 Å². The van der Waals surface area contributed by atoms with Crippen LogP contribution in [0.5, 0.6) is 0 Å². The molecular formula is C16H17Cl2NO. The van der Waals surface area contributed by atoms with Gasteiger partial charge in [0.05, 0.1) is 16.1 Å². The summed E-state index contributed by atoms with van der Waals surface area (Å²) in [5.74, 6) is 0. The van der Waals surface area contributed by atoms with Gasteiger partial charge in [0.15, 0.2) is 0 Å². The second-order valence-electron chi connectivity index (χ2n) is 4.95. The van der Waals surface area contributed by atoms with Crippen molar-refractivity contribution >= 4 is 28.9 Å². The second-order valence-corrected chi connectivity index (χ2v) is 5.77. The standard InChI is InChI=1S/C16H17Cl2NO/c1-19(2)13-6-4-12(5-7-13)16(20)10-11-3-8-14(17)15(18)9-11/h3-9,16,20H,10H2,1-2H3. The lowest BCUT2D eigenvalue weighted by atomic mass is 10.0. The van der Waals surface area contributed by atoms with Crippen LogP contribution >= 0.6 is 23.2 Å². The van der Waals surface area contributed by atoms with Crippen LogP contribution in [0.4, 0.5) is 5.69 Å².